The maximum atomic E-state index is 12.3. The van der Waals surface area contributed by atoms with Gasteiger partial charge in [0.05, 0.1) is 5.69 Å². The Morgan fingerprint density at radius 2 is 2.15 bits per heavy atom. The molecule has 2 rings (SSSR count). The third kappa shape index (κ3) is 3.07. The zero-order valence-electron chi connectivity index (χ0n) is 11.8. The molecule has 0 unspecified atom stereocenters. The number of halogens is 1. The van der Waals surface area contributed by atoms with E-state index in [2.05, 4.69) is 31.3 Å². The summed E-state index contributed by atoms with van der Waals surface area (Å²) in [6.07, 6.45) is 2.49. The second-order valence-corrected chi connectivity index (χ2v) is 5.32. The number of aryl methyl sites for hydroxylation is 3. The van der Waals surface area contributed by atoms with Gasteiger partial charge in [-0.1, -0.05) is 6.92 Å². The van der Waals surface area contributed by atoms with Gasteiger partial charge in [0.2, 0.25) is 0 Å². The van der Waals surface area contributed by atoms with Crippen LogP contribution in [-0.2, 0) is 13.0 Å². The van der Waals surface area contributed by atoms with Gasteiger partial charge in [-0.05, 0) is 53.9 Å². The summed E-state index contributed by atoms with van der Waals surface area (Å²) in [4.78, 5) is 16.5. The van der Waals surface area contributed by atoms with Crippen molar-refractivity contribution < 1.29 is 4.79 Å². The number of pyridine rings is 1. The van der Waals surface area contributed by atoms with Crippen molar-refractivity contribution in [1.29, 1.82) is 0 Å². The first-order valence-electron chi connectivity index (χ1n) is 6.55. The average Bonchev–Trinajstić information content (AvgIpc) is 2.86. The second-order valence-electron chi connectivity index (χ2n) is 4.46. The fourth-order valence-corrected chi connectivity index (χ4v) is 2.07. The summed E-state index contributed by atoms with van der Waals surface area (Å²) in [5, 5.41) is 7.18. The lowest BCUT2D eigenvalue weighted by molar-refractivity contribution is 0.101. The third-order valence-electron chi connectivity index (χ3n) is 3.01. The largest absolute Gasteiger partial charge is 0.305 e. The molecular weight excluding hydrogens is 320 g/mol. The minimum atomic E-state index is -0.187. The Labute approximate surface area is 126 Å². The van der Waals surface area contributed by atoms with Gasteiger partial charge in [0.1, 0.15) is 11.5 Å². The van der Waals surface area contributed by atoms with Crippen molar-refractivity contribution in [3.63, 3.8) is 0 Å². The quantitative estimate of drug-likeness (QED) is 0.932. The summed E-state index contributed by atoms with van der Waals surface area (Å²) in [5.41, 5.74) is 2.50. The van der Waals surface area contributed by atoms with E-state index in [0.717, 1.165) is 22.2 Å². The number of carbonyl (C=O) groups excluding carboxylic acids is 1. The van der Waals surface area contributed by atoms with Gasteiger partial charge in [-0.15, -0.1) is 0 Å². The number of nitrogens with zero attached hydrogens (tertiary/aromatic N) is 3. The maximum Gasteiger partial charge on any atom is 0.275 e. The van der Waals surface area contributed by atoms with Crippen molar-refractivity contribution in [3.05, 3.63) is 39.8 Å². The summed E-state index contributed by atoms with van der Waals surface area (Å²) in [5.74, 6) is 0.353. The molecule has 2 heterocycles. The van der Waals surface area contributed by atoms with Gasteiger partial charge in [0.15, 0.2) is 0 Å². The molecule has 20 heavy (non-hydrogen) atoms. The van der Waals surface area contributed by atoms with Crippen LogP contribution in [0, 0.1) is 6.92 Å². The standard InChI is InChI=1S/C14H17BrN4O/c1-4-10-7-12(19(5-2)18-10)14(20)17-13-6-9(3)11(15)8-16-13/h6-8H,4-5H2,1-3H3,(H,16,17,20). The Hall–Kier alpha value is -1.69. The van der Waals surface area contributed by atoms with Crippen LogP contribution in [0.2, 0.25) is 0 Å². The Morgan fingerprint density at radius 3 is 2.75 bits per heavy atom. The molecule has 0 aliphatic rings. The van der Waals surface area contributed by atoms with E-state index in [1.807, 2.05) is 32.9 Å². The molecule has 106 valence electrons. The smallest absolute Gasteiger partial charge is 0.275 e. The fraction of sp³-hybridized carbons (Fsp3) is 0.357. The van der Waals surface area contributed by atoms with Gasteiger partial charge in [-0.2, -0.15) is 5.10 Å². The molecule has 0 aliphatic carbocycles. The summed E-state index contributed by atoms with van der Waals surface area (Å²) in [6, 6.07) is 3.65. The zero-order valence-corrected chi connectivity index (χ0v) is 13.4. The molecule has 5 nitrogen and oxygen atoms in total. The average molecular weight is 337 g/mol. The van der Waals surface area contributed by atoms with E-state index in [9.17, 15) is 4.79 Å². The van der Waals surface area contributed by atoms with E-state index >= 15 is 0 Å². The predicted molar refractivity (Wildman–Crippen MR) is 81.9 cm³/mol. The van der Waals surface area contributed by atoms with Crippen LogP contribution in [0.5, 0.6) is 0 Å². The van der Waals surface area contributed by atoms with Crippen LogP contribution in [0.4, 0.5) is 5.82 Å². The lowest BCUT2D eigenvalue weighted by Crippen LogP contribution is -2.18. The van der Waals surface area contributed by atoms with Crippen LogP contribution in [0.3, 0.4) is 0 Å². The van der Waals surface area contributed by atoms with Crippen molar-refractivity contribution >= 4 is 27.7 Å². The summed E-state index contributed by atoms with van der Waals surface area (Å²) in [6.45, 7) is 6.59. The van der Waals surface area contributed by atoms with Crippen LogP contribution in [0.1, 0.15) is 35.6 Å². The summed E-state index contributed by atoms with van der Waals surface area (Å²) in [7, 11) is 0. The molecule has 0 aliphatic heterocycles. The Morgan fingerprint density at radius 1 is 1.40 bits per heavy atom. The molecule has 0 atom stereocenters. The normalized spacial score (nSPS) is 10.6. The van der Waals surface area contributed by atoms with Gasteiger partial charge >= 0.3 is 0 Å². The minimum absolute atomic E-state index is 0.187. The molecule has 0 spiro atoms. The number of rotatable bonds is 4. The molecule has 2 aromatic heterocycles. The molecule has 0 saturated heterocycles. The van der Waals surface area contributed by atoms with E-state index in [-0.39, 0.29) is 5.91 Å². The highest BCUT2D eigenvalue weighted by molar-refractivity contribution is 9.10. The number of carbonyl (C=O) groups is 1. The third-order valence-corrected chi connectivity index (χ3v) is 3.84. The van der Waals surface area contributed by atoms with Crippen molar-refractivity contribution in [2.75, 3.05) is 5.32 Å². The van der Waals surface area contributed by atoms with Gasteiger partial charge in [0.25, 0.3) is 5.91 Å². The topological polar surface area (TPSA) is 59.8 Å². The highest BCUT2D eigenvalue weighted by Gasteiger charge is 2.14. The highest BCUT2D eigenvalue weighted by atomic mass is 79.9. The molecule has 6 heteroatoms. The first-order valence-corrected chi connectivity index (χ1v) is 7.34. The number of aromatic nitrogens is 3. The predicted octanol–water partition coefficient (Wildman–Crippen LogP) is 3.18. The van der Waals surface area contributed by atoms with Gasteiger partial charge in [0, 0.05) is 17.2 Å². The van der Waals surface area contributed by atoms with Crippen molar-refractivity contribution in [2.24, 2.45) is 0 Å². The summed E-state index contributed by atoms with van der Waals surface area (Å²) < 4.78 is 2.63. The molecule has 1 amide bonds. The monoisotopic (exact) mass is 336 g/mol. The molecule has 0 bridgehead atoms. The van der Waals surface area contributed by atoms with Gasteiger partial charge in [-0.25, -0.2) is 4.98 Å². The Balaban J connectivity index is 2.23. The van der Waals surface area contributed by atoms with Crippen molar-refractivity contribution in [3.8, 4) is 0 Å². The maximum absolute atomic E-state index is 12.3. The molecular formula is C14H17BrN4O. The Bertz CT molecular complexity index is 636. The summed E-state index contributed by atoms with van der Waals surface area (Å²) >= 11 is 3.39. The molecule has 1 N–H and O–H groups in total. The van der Waals surface area contributed by atoms with Crippen LogP contribution >= 0.6 is 15.9 Å². The molecule has 0 radical (unpaired) electrons. The lowest BCUT2D eigenvalue weighted by Gasteiger charge is -2.07. The van der Waals surface area contributed by atoms with E-state index in [1.165, 1.54) is 0 Å². The van der Waals surface area contributed by atoms with Crippen LogP contribution in [0.25, 0.3) is 0 Å². The Kier molecular flexibility index (Phi) is 4.54. The van der Waals surface area contributed by atoms with E-state index in [1.54, 1.807) is 10.9 Å². The van der Waals surface area contributed by atoms with Crippen LogP contribution in [-0.4, -0.2) is 20.7 Å². The molecule has 0 saturated carbocycles. The van der Waals surface area contributed by atoms with Crippen LogP contribution in [0.15, 0.2) is 22.8 Å². The van der Waals surface area contributed by atoms with Gasteiger partial charge < -0.3 is 5.32 Å². The number of anilines is 1. The SMILES string of the molecule is CCc1cc(C(=O)Nc2cc(C)c(Br)cn2)n(CC)n1. The first-order chi connectivity index (χ1) is 9.55. The van der Waals surface area contributed by atoms with E-state index in [4.69, 9.17) is 0 Å². The van der Waals surface area contributed by atoms with Crippen molar-refractivity contribution in [1.82, 2.24) is 14.8 Å². The number of nitrogens with one attached hydrogen (secondary N) is 1. The second kappa shape index (κ2) is 6.17. The van der Waals surface area contributed by atoms with Crippen LogP contribution < -0.4 is 5.32 Å². The zero-order chi connectivity index (χ0) is 14.7. The van der Waals surface area contributed by atoms with Crippen molar-refractivity contribution in [2.45, 2.75) is 33.7 Å². The molecule has 0 fully saturated rings. The highest BCUT2D eigenvalue weighted by Crippen LogP contribution is 2.18. The molecule has 2 aromatic rings. The minimum Gasteiger partial charge on any atom is -0.305 e. The number of amides is 1. The lowest BCUT2D eigenvalue weighted by atomic mass is 10.2. The fourth-order valence-electron chi connectivity index (χ4n) is 1.85. The van der Waals surface area contributed by atoms with E-state index in [0.29, 0.717) is 18.1 Å². The molecule has 0 aromatic carbocycles. The van der Waals surface area contributed by atoms with E-state index < -0.39 is 0 Å². The first kappa shape index (κ1) is 14.7. The number of hydrogen-bond donors (Lipinski definition) is 1. The number of hydrogen-bond acceptors (Lipinski definition) is 3. The van der Waals surface area contributed by atoms with Gasteiger partial charge in [-0.3, -0.25) is 9.48 Å².